The summed E-state index contributed by atoms with van der Waals surface area (Å²) in [5, 5.41) is 3.02. The number of aryl methyl sites for hydroxylation is 2. The van der Waals surface area contributed by atoms with Crippen LogP contribution in [0.2, 0.25) is 0 Å². The van der Waals surface area contributed by atoms with Crippen LogP contribution in [-0.4, -0.2) is 25.6 Å². The van der Waals surface area contributed by atoms with Gasteiger partial charge >= 0.3 is 0 Å². The van der Waals surface area contributed by atoms with Gasteiger partial charge in [-0.05, 0) is 44.4 Å². The van der Waals surface area contributed by atoms with Crippen molar-refractivity contribution in [3.8, 4) is 0 Å². The van der Waals surface area contributed by atoms with Crippen molar-refractivity contribution in [1.29, 1.82) is 0 Å². The van der Waals surface area contributed by atoms with E-state index < -0.39 is 10.0 Å². The fourth-order valence-electron chi connectivity index (χ4n) is 2.47. The highest BCUT2D eigenvalue weighted by molar-refractivity contribution is 7.98. The number of nitrogens with one attached hydrogen (secondary N) is 2. The predicted octanol–water partition coefficient (Wildman–Crippen LogP) is 4.53. The lowest BCUT2D eigenvalue weighted by Crippen LogP contribution is -2.12. The average molecular weight is 434 g/mol. The van der Waals surface area contributed by atoms with Gasteiger partial charge in [0.2, 0.25) is 0 Å². The Kier molecular flexibility index (Phi) is 6.07. The first kappa shape index (κ1) is 20.4. The largest absolute Gasteiger partial charge is 0.320 e. The maximum Gasteiger partial charge on any atom is 0.267 e. The zero-order valence-corrected chi connectivity index (χ0v) is 18.0. The van der Waals surface area contributed by atoms with E-state index in [9.17, 15) is 13.2 Å². The number of hydrogen-bond acceptors (Lipinski definition) is 6. The second-order valence-electron chi connectivity index (χ2n) is 6.01. The number of rotatable bonds is 6. The van der Waals surface area contributed by atoms with Gasteiger partial charge in [-0.15, -0.1) is 11.8 Å². The third-order valence-electron chi connectivity index (χ3n) is 3.91. The van der Waals surface area contributed by atoms with E-state index >= 15 is 0 Å². The molecule has 2 aromatic carbocycles. The van der Waals surface area contributed by atoms with Crippen molar-refractivity contribution < 1.29 is 13.2 Å². The molecule has 28 heavy (non-hydrogen) atoms. The van der Waals surface area contributed by atoms with Gasteiger partial charge in [-0.3, -0.25) is 9.52 Å². The first-order chi connectivity index (χ1) is 13.3. The van der Waals surface area contributed by atoms with Crippen molar-refractivity contribution in [2.24, 2.45) is 0 Å². The number of nitrogens with zero attached hydrogens (tertiary/aromatic N) is 1. The summed E-state index contributed by atoms with van der Waals surface area (Å²) in [5.41, 5.74) is 2.13. The number of carbonyl (C=O) groups is 1. The summed E-state index contributed by atoms with van der Waals surface area (Å²) in [4.78, 5) is 18.3. The molecule has 0 aliphatic heterocycles. The highest BCUT2D eigenvalue weighted by atomic mass is 32.2. The van der Waals surface area contributed by atoms with Crippen LogP contribution in [0.4, 0.5) is 10.8 Å². The van der Waals surface area contributed by atoms with E-state index in [1.165, 1.54) is 23.9 Å². The number of carbonyl (C=O) groups excluding carboxylic acids is 1. The Morgan fingerprint density at radius 3 is 2.43 bits per heavy atom. The van der Waals surface area contributed by atoms with Gasteiger partial charge < -0.3 is 5.32 Å². The molecular weight excluding hydrogens is 414 g/mol. The number of sulfonamides is 1. The molecule has 146 valence electrons. The van der Waals surface area contributed by atoms with Crippen molar-refractivity contribution >= 4 is 49.8 Å². The Bertz CT molecular complexity index is 1110. The molecule has 0 aliphatic carbocycles. The minimum atomic E-state index is -3.77. The molecule has 0 bridgehead atoms. The van der Waals surface area contributed by atoms with E-state index in [0.717, 1.165) is 21.8 Å². The molecule has 1 amide bonds. The first-order valence-corrected chi connectivity index (χ1v) is 11.8. The van der Waals surface area contributed by atoms with E-state index in [4.69, 9.17) is 0 Å². The van der Waals surface area contributed by atoms with Crippen molar-refractivity contribution in [2.45, 2.75) is 23.6 Å². The number of para-hydroxylation sites is 1. The summed E-state index contributed by atoms with van der Waals surface area (Å²) in [6.45, 7) is 3.56. The second-order valence-corrected chi connectivity index (χ2v) is 9.54. The zero-order valence-electron chi connectivity index (χ0n) is 15.5. The summed E-state index contributed by atoms with van der Waals surface area (Å²) >= 11 is 2.53. The van der Waals surface area contributed by atoms with Gasteiger partial charge in [-0.25, -0.2) is 13.4 Å². The standard InChI is InChI=1S/C19H19N3O3S3/c1-12-8-10-14(11-9-12)28(24,25)22-19-20-13(2)17(27-19)18(23)21-15-6-4-5-7-16(15)26-3/h4-11H,1-3H3,(H,20,22)(H,21,23). The van der Waals surface area contributed by atoms with Crippen LogP contribution in [0.3, 0.4) is 0 Å². The van der Waals surface area contributed by atoms with Crippen LogP contribution in [0.15, 0.2) is 58.3 Å². The fraction of sp³-hybridized carbons (Fsp3) is 0.158. The van der Waals surface area contributed by atoms with Gasteiger partial charge in [0, 0.05) is 4.90 Å². The van der Waals surface area contributed by atoms with Gasteiger partial charge in [-0.1, -0.05) is 41.2 Å². The smallest absolute Gasteiger partial charge is 0.267 e. The van der Waals surface area contributed by atoms with E-state index in [1.54, 1.807) is 19.1 Å². The molecule has 3 rings (SSSR count). The van der Waals surface area contributed by atoms with Gasteiger partial charge in [0.25, 0.3) is 15.9 Å². The number of anilines is 2. The van der Waals surface area contributed by atoms with Crippen molar-refractivity contribution in [1.82, 2.24) is 4.98 Å². The molecule has 2 N–H and O–H groups in total. The Morgan fingerprint density at radius 2 is 1.75 bits per heavy atom. The Hall–Kier alpha value is -2.36. The van der Waals surface area contributed by atoms with E-state index in [0.29, 0.717) is 16.3 Å². The van der Waals surface area contributed by atoms with E-state index in [-0.39, 0.29) is 15.9 Å². The van der Waals surface area contributed by atoms with E-state index in [2.05, 4.69) is 15.0 Å². The number of thiazole rings is 1. The summed E-state index contributed by atoms with van der Waals surface area (Å²) in [6, 6.07) is 14.0. The van der Waals surface area contributed by atoms with Crippen LogP contribution < -0.4 is 10.0 Å². The SMILES string of the molecule is CSc1ccccc1NC(=O)c1sc(NS(=O)(=O)c2ccc(C)cc2)nc1C. The maximum atomic E-state index is 12.7. The number of hydrogen-bond donors (Lipinski definition) is 2. The summed E-state index contributed by atoms with van der Waals surface area (Å²) in [5.74, 6) is -0.322. The lowest BCUT2D eigenvalue weighted by molar-refractivity contribution is 0.102. The number of aromatic nitrogens is 1. The van der Waals surface area contributed by atoms with Crippen LogP contribution in [0.5, 0.6) is 0 Å². The highest BCUT2D eigenvalue weighted by Crippen LogP contribution is 2.29. The molecule has 6 nitrogen and oxygen atoms in total. The molecule has 1 aromatic heterocycles. The van der Waals surface area contributed by atoms with Crippen LogP contribution in [-0.2, 0) is 10.0 Å². The van der Waals surface area contributed by atoms with Gasteiger partial charge in [0.05, 0.1) is 16.3 Å². The molecule has 0 saturated carbocycles. The monoisotopic (exact) mass is 433 g/mol. The Balaban J connectivity index is 1.81. The van der Waals surface area contributed by atoms with Crippen molar-refractivity contribution in [3.05, 3.63) is 64.7 Å². The highest BCUT2D eigenvalue weighted by Gasteiger charge is 2.20. The first-order valence-electron chi connectivity index (χ1n) is 8.31. The minimum Gasteiger partial charge on any atom is -0.320 e. The molecule has 3 aromatic rings. The second kappa shape index (κ2) is 8.34. The molecular formula is C19H19N3O3S3. The molecule has 0 unspecified atom stereocenters. The molecule has 0 atom stereocenters. The van der Waals surface area contributed by atoms with Crippen LogP contribution in [0.25, 0.3) is 0 Å². The topological polar surface area (TPSA) is 88.2 Å². The molecule has 1 heterocycles. The summed E-state index contributed by atoms with van der Waals surface area (Å²) < 4.78 is 27.5. The third kappa shape index (κ3) is 4.54. The molecule has 0 spiro atoms. The molecule has 0 saturated heterocycles. The third-order valence-corrected chi connectivity index (χ3v) is 7.26. The van der Waals surface area contributed by atoms with Crippen molar-refractivity contribution in [3.63, 3.8) is 0 Å². The normalized spacial score (nSPS) is 11.2. The van der Waals surface area contributed by atoms with E-state index in [1.807, 2.05) is 37.4 Å². The molecule has 0 radical (unpaired) electrons. The van der Waals surface area contributed by atoms with Crippen LogP contribution in [0.1, 0.15) is 20.9 Å². The molecule has 9 heteroatoms. The number of thioether (sulfide) groups is 1. The number of amides is 1. The molecule has 0 fully saturated rings. The number of benzene rings is 2. The maximum absolute atomic E-state index is 12.7. The Labute approximate surface area is 172 Å². The lowest BCUT2D eigenvalue weighted by atomic mass is 10.2. The summed E-state index contributed by atoms with van der Waals surface area (Å²) in [7, 11) is -3.77. The minimum absolute atomic E-state index is 0.144. The van der Waals surface area contributed by atoms with Crippen molar-refractivity contribution in [2.75, 3.05) is 16.3 Å². The lowest BCUT2D eigenvalue weighted by Gasteiger charge is -2.08. The van der Waals surface area contributed by atoms with Crippen LogP contribution in [0, 0.1) is 13.8 Å². The molecule has 0 aliphatic rings. The van der Waals surface area contributed by atoms with Gasteiger partial charge in [-0.2, -0.15) is 0 Å². The van der Waals surface area contributed by atoms with Crippen LogP contribution >= 0.6 is 23.1 Å². The van der Waals surface area contributed by atoms with Gasteiger partial charge in [0.1, 0.15) is 4.88 Å². The predicted molar refractivity (Wildman–Crippen MR) is 115 cm³/mol. The zero-order chi connectivity index (χ0) is 20.3. The summed E-state index contributed by atoms with van der Waals surface area (Å²) in [6.07, 6.45) is 1.93. The average Bonchev–Trinajstić information content (AvgIpc) is 3.02. The quantitative estimate of drug-likeness (QED) is 0.558. The fourth-order valence-corrected chi connectivity index (χ4v) is 5.12. The van der Waals surface area contributed by atoms with Gasteiger partial charge in [0.15, 0.2) is 5.13 Å². The Morgan fingerprint density at radius 1 is 1.07 bits per heavy atom.